The minimum Gasteiger partial charge on any atom is -0.301 e. The zero-order chi connectivity index (χ0) is 4.28. The Morgan fingerprint density at radius 1 is 1.83 bits per heavy atom. The maximum absolute atomic E-state index is 9.34. The third kappa shape index (κ3) is 9.03. The molecule has 0 fully saturated rings. The first-order chi connectivity index (χ1) is 2.27. The van der Waals surface area contributed by atoms with E-state index in [1.807, 2.05) is 0 Å². The summed E-state index contributed by atoms with van der Waals surface area (Å²) in [6.07, 6.45) is 0. The molecule has 0 unspecified atom stereocenters. The molecule has 0 aliphatic heterocycles. The van der Waals surface area contributed by atoms with Crippen LogP contribution in [0.25, 0.3) is 0 Å². The highest BCUT2D eigenvalue weighted by atomic mass is 27.0. The SMILES string of the molecule is CC(=O)OO.[AlH3]. The normalized spacial score (nSPS) is 5.67. The maximum Gasteiger partial charge on any atom is 0.339 e. The fraction of sp³-hybridized carbons (Fsp3) is 0.500. The van der Waals surface area contributed by atoms with Gasteiger partial charge in [0.15, 0.2) is 17.4 Å². The molecule has 0 aromatic rings. The van der Waals surface area contributed by atoms with E-state index in [1.54, 1.807) is 0 Å². The quantitative estimate of drug-likeness (QED) is 0.240. The first kappa shape index (κ1) is 9.35. The van der Waals surface area contributed by atoms with Gasteiger partial charge in [0.1, 0.15) is 0 Å². The minimum absolute atomic E-state index is 0. The average molecular weight is 106 g/mol. The number of hydrogen-bond acceptors (Lipinski definition) is 3. The van der Waals surface area contributed by atoms with Crippen LogP contribution in [0.2, 0.25) is 0 Å². The van der Waals surface area contributed by atoms with Crippen LogP contribution >= 0.6 is 0 Å². The Balaban J connectivity index is 0. The van der Waals surface area contributed by atoms with Crippen LogP contribution in [0.4, 0.5) is 0 Å². The fourth-order valence-corrected chi connectivity index (χ4v) is 0. The van der Waals surface area contributed by atoms with E-state index in [0.29, 0.717) is 0 Å². The molecule has 1 N–H and O–H groups in total. The highest BCUT2D eigenvalue weighted by Gasteiger charge is 1.79. The Labute approximate surface area is 46.0 Å². The first-order valence-electron chi connectivity index (χ1n) is 1.09. The van der Waals surface area contributed by atoms with E-state index in [9.17, 15) is 4.79 Å². The van der Waals surface area contributed by atoms with E-state index < -0.39 is 5.97 Å². The van der Waals surface area contributed by atoms with Gasteiger partial charge in [-0.1, -0.05) is 0 Å². The van der Waals surface area contributed by atoms with Crippen LogP contribution in [0.1, 0.15) is 6.92 Å². The molecule has 3 nitrogen and oxygen atoms in total. The molecule has 0 heterocycles. The molecule has 0 aromatic heterocycles. The smallest absolute Gasteiger partial charge is 0.301 e. The van der Waals surface area contributed by atoms with E-state index in [1.165, 1.54) is 0 Å². The topological polar surface area (TPSA) is 46.5 Å². The molecule has 0 radical (unpaired) electrons. The summed E-state index contributed by atoms with van der Waals surface area (Å²) in [7, 11) is 0. The van der Waals surface area contributed by atoms with Crippen molar-refractivity contribution in [1.82, 2.24) is 0 Å². The summed E-state index contributed by atoms with van der Waals surface area (Å²) in [5.74, 6) is -0.690. The van der Waals surface area contributed by atoms with E-state index >= 15 is 0 Å². The van der Waals surface area contributed by atoms with Crippen molar-refractivity contribution in [1.29, 1.82) is 0 Å². The van der Waals surface area contributed by atoms with Crippen LogP contribution in [0.15, 0.2) is 0 Å². The van der Waals surface area contributed by atoms with Gasteiger partial charge in [-0.05, 0) is 0 Å². The summed E-state index contributed by atoms with van der Waals surface area (Å²) in [6.45, 7) is 1.11. The molecule has 0 saturated carbocycles. The van der Waals surface area contributed by atoms with Crippen LogP contribution in [-0.4, -0.2) is 28.6 Å². The van der Waals surface area contributed by atoms with Gasteiger partial charge in [0, 0.05) is 6.92 Å². The average Bonchev–Trinajstić information content (AvgIpc) is 1.38. The van der Waals surface area contributed by atoms with Crippen LogP contribution in [0.3, 0.4) is 0 Å². The molecule has 0 atom stereocenters. The third-order valence-electron chi connectivity index (χ3n) is 0.129. The lowest BCUT2D eigenvalue weighted by molar-refractivity contribution is -0.231. The van der Waals surface area contributed by atoms with Crippen molar-refractivity contribution in [3.63, 3.8) is 0 Å². The standard InChI is InChI=1S/C2H4O3.Al.3H/c1-2(3)5-4;;;;/h4H,1H3;;;;. The van der Waals surface area contributed by atoms with Crippen molar-refractivity contribution in [3.8, 4) is 0 Å². The fourth-order valence-electron chi connectivity index (χ4n) is 0. The Morgan fingerprint density at radius 2 is 2.00 bits per heavy atom. The minimum atomic E-state index is -0.690. The second-order valence-corrected chi connectivity index (χ2v) is 0.583. The second kappa shape index (κ2) is 4.96. The highest BCUT2D eigenvalue weighted by Crippen LogP contribution is 1.59. The summed E-state index contributed by atoms with van der Waals surface area (Å²) in [6, 6.07) is 0. The van der Waals surface area contributed by atoms with Gasteiger partial charge in [-0.25, -0.2) is 4.79 Å². The van der Waals surface area contributed by atoms with Gasteiger partial charge in [0.25, 0.3) is 0 Å². The van der Waals surface area contributed by atoms with Crippen molar-refractivity contribution in [3.05, 3.63) is 0 Å². The maximum atomic E-state index is 9.34. The number of hydrogen-bond donors (Lipinski definition) is 1. The molecule has 0 spiro atoms. The molecule has 4 heteroatoms. The van der Waals surface area contributed by atoms with E-state index in [-0.39, 0.29) is 17.4 Å². The molecule has 0 rings (SSSR count). The van der Waals surface area contributed by atoms with Crippen molar-refractivity contribution in [2.45, 2.75) is 6.92 Å². The molecule has 0 bridgehead atoms. The van der Waals surface area contributed by atoms with E-state index in [2.05, 4.69) is 4.89 Å². The summed E-state index contributed by atoms with van der Waals surface area (Å²) in [5.41, 5.74) is 0. The van der Waals surface area contributed by atoms with Crippen LogP contribution in [0.5, 0.6) is 0 Å². The van der Waals surface area contributed by atoms with Gasteiger partial charge in [-0.3, -0.25) is 0 Å². The van der Waals surface area contributed by atoms with Crippen LogP contribution in [0, 0.1) is 0 Å². The first-order valence-corrected chi connectivity index (χ1v) is 1.09. The number of carbonyl (C=O) groups excluding carboxylic acids is 1. The van der Waals surface area contributed by atoms with Gasteiger partial charge in [-0.15, -0.1) is 0 Å². The third-order valence-corrected chi connectivity index (χ3v) is 0.129. The second-order valence-electron chi connectivity index (χ2n) is 0.583. The zero-order valence-corrected chi connectivity index (χ0v) is 2.76. The van der Waals surface area contributed by atoms with Crippen molar-refractivity contribution < 1.29 is 14.9 Å². The Hall–Kier alpha value is -0.0375. The summed E-state index contributed by atoms with van der Waals surface area (Å²) in [5, 5.41) is 7.29. The Morgan fingerprint density at radius 3 is 2.00 bits per heavy atom. The summed E-state index contributed by atoms with van der Waals surface area (Å²) in [4.78, 5) is 12.5. The Kier molecular flexibility index (Phi) is 7.73. The zero-order valence-electron chi connectivity index (χ0n) is 2.76. The molecule has 36 valence electrons. The molecule has 0 aliphatic rings. The predicted octanol–water partition coefficient (Wildman–Crippen LogP) is -1.16. The van der Waals surface area contributed by atoms with Gasteiger partial charge in [0.2, 0.25) is 0 Å². The number of rotatable bonds is 0. The van der Waals surface area contributed by atoms with Crippen molar-refractivity contribution in [2.24, 2.45) is 0 Å². The van der Waals surface area contributed by atoms with Gasteiger partial charge < -0.3 is 4.89 Å². The lowest BCUT2D eigenvalue weighted by Gasteiger charge is -1.76. The van der Waals surface area contributed by atoms with Crippen molar-refractivity contribution in [2.75, 3.05) is 0 Å². The van der Waals surface area contributed by atoms with Crippen LogP contribution < -0.4 is 0 Å². The largest absolute Gasteiger partial charge is 0.339 e. The van der Waals surface area contributed by atoms with Gasteiger partial charge >= 0.3 is 5.97 Å². The predicted molar refractivity (Wildman–Crippen MR) is 24.3 cm³/mol. The van der Waals surface area contributed by atoms with E-state index in [4.69, 9.17) is 5.26 Å². The molecule has 0 aliphatic carbocycles. The molecule has 6 heavy (non-hydrogen) atoms. The Bertz CT molecular complexity index is 44.1. The monoisotopic (exact) mass is 106 g/mol. The number of carbonyl (C=O) groups is 1. The van der Waals surface area contributed by atoms with E-state index in [0.717, 1.165) is 6.92 Å². The molecule has 0 aromatic carbocycles. The van der Waals surface area contributed by atoms with Gasteiger partial charge in [-0.2, -0.15) is 5.26 Å². The molecule has 0 amide bonds. The van der Waals surface area contributed by atoms with Gasteiger partial charge in [0.05, 0.1) is 0 Å². The van der Waals surface area contributed by atoms with Crippen molar-refractivity contribution >= 4 is 23.3 Å². The molecular weight excluding hydrogens is 99.0 g/mol. The highest BCUT2D eigenvalue weighted by molar-refractivity contribution is 5.75. The molecule has 0 saturated heterocycles. The lowest BCUT2D eigenvalue weighted by Crippen LogP contribution is -1.89. The summed E-state index contributed by atoms with van der Waals surface area (Å²) >= 11 is 0. The molecular formula is C2H7AlO3. The summed E-state index contributed by atoms with van der Waals surface area (Å²) < 4.78 is 0. The van der Waals surface area contributed by atoms with Crippen LogP contribution in [-0.2, 0) is 9.68 Å². The lowest BCUT2D eigenvalue weighted by atomic mass is 10.9.